The maximum absolute atomic E-state index is 2.45. The van der Waals surface area contributed by atoms with Crippen molar-refractivity contribution in [1.29, 1.82) is 0 Å². The van der Waals surface area contributed by atoms with E-state index in [1.54, 1.807) is 5.56 Å². The molecule has 0 aliphatic heterocycles. The van der Waals surface area contributed by atoms with Crippen molar-refractivity contribution in [3.63, 3.8) is 0 Å². The molecule has 0 amide bonds. The fourth-order valence-electron chi connectivity index (χ4n) is 4.07. The van der Waals surface area contributed by atoms with Gasteiger partial charge < -0.3 is 0 Å². The van der Waals surface area contributed by atoms with E-state index in [0.29, 0.717) is 0 Å². The van der Waals surface area contributed by atoms with Gasteiger partial charge in [-0.25, -0.2) is 0 Å². The number of benzene rings is 3. The molecule has 0 saturated carbocycles. The van der Waals surface area contributed by atoms with Crippen molar-refractivity contribution >= 4 is 10.8 Å². The predicted octanol–water partition coefficient (Wildman–Crippen LogP) is 8.75. The molecule has 0 aliphatic carbocycles. The Kier molecular flexibility index (Phi) is 7.51. The van der Waals surface area contributed by atoms with Crippen LogP contribution in [-0.4, -0.2) is 0 Å². The first-order valence-corrected chi connectivity index (χ1v) is 10.9. The lowest BCUT2D eigenvalue weighted by Gasteiger charge is -2.18. The van der Waals surface area contributed by atoms with Crippen LogP contribution < -0.4 is 0 Å². The number of unbranched alkanes of at least 4 members (excludes halogenated alkanes) is 4. The van der Waals surface area contributed by atoms with E-state index in [1.165, 1.54) is 73.3 Å². The minimum absolute atomic E-state index is 0.722. The summed E-state index contributed by atoms with van der Waals surface area (Å²) >= 11 is 0. The molecule has 0 saturated heterocycles. The second-order valence-corrected chi connectivity index (χ2v) is 7.88. The minimum Gasteiger partial charge on any atom is -0.0654 e. The maximum Gasteiger partial charge on any atom is -0.0162 e. The first kappa shape index (κ1) is 19.7. The Morgan fingerprint density at radius 2 is 1.30 bits per heavy atom. The third-order valence-electron chi connectivity index (χ3n) is 5.76. The van der Waals surface area contributed by atoms with Crippen LogP contribution in [0.4, 0.5) is 0 Å². The van der Waals surface area contributed by atoms with E-state index in [2.05, 4.69) is 80.6 Å². The van der Waals surface area contributed by atoms with Crippen LogP contribution in [0.25, 0.3) is 21.9 Å². The highest BCUT2D eigenvalue weighted by Crippen LogP contribution is 2.32. The molecule has 142 valence electrons. The highest BCUT2D eigenvalue weighted by molar-refractivity contribution is 5.88. The second kappa shape index (κ2) is 10.3. The normalized spacial score (nSPS) is 12.4. The third-order valence-corrected chi connectivity index (χ3v) is 5.76. The van der Waals surface area contributed by atoms with Crippen LogP contribution in [0.1, 0.15) is 76.7 Å². The first-order valence-electron chi connectivity index (χ1n) is 10.9. The fraction of sp³-hybridized carbons (Fsp3) is 0.407. The van der Waals surface area contributed by atoms with Crippen molar-refractivity contribution in [3.05, 3.63) is 72.3 Å². The van der Waals surface area contributed by atoms with Gasteiger partial charge in [0.1, 0.15) is 0 Å². The van der Waals surface area contributed by atoms with Crippen LogP contribution in [0, 0.1) is 0 Å². The van der Waals surface area contributed by atoms with Crippen molar-refractivity contribution in [2.24, 2.45) is 0 Å². The summed E-state index contributed by atoms with van der Waals surface area (Å²) in [6.07, 6.45) is 10.7. The van der Waals surface area contributed by atoms with Gasteiger partial charge in [-0.05, 0) is 52.3 Å². The van der Waals surface area contributed by atoms with Gasteiger partial charge in [-0.3, -0.25) is 0 Å². The first-order chi connectivity index (χ1) is 13.3. The molecule has 0 N–H and O–H groups in total. The molecule has 3 rings (SSSR count). The lowest BCUT2D eigenvalue weighted by molar-refractivity contribution is 0.509. The fourth-order valence-corrected chi connectivity index (χ4v) is 4.07. The van der Waals surface area contributed by atoms with E-state index < -0.39 is 0 Å². The van der Waals surface area contributed by atoms with Crippen molar-refractivity contribution < 1.29 is 0 Å². The molecular formula is C27H34. The summed E-state index contributed by atoms with van der Waals surface area (Å²) in [7, 11) is 0. The SMILES string of the molecule is CCCCCCC(CCCC)c1ccc2cc(-c3ccccc3)ccc2c1. The second-order valence-electron chi connectivity index (χ2n) is 7.88. The summed E-state index contributed by atoms with van der Waals surface area (Å²) in [6, 6.07) is 24.7. The molecule has 0 aromatic heterocycles. The van der Waals surface area contributed by atoms with Gasteiger partial charge in [0.25, 0.3) is 0 Å². The third kappa shape index (κ3) is 5.45. The van der Waals surface area contributed by atoms with Crippen LogP contribution in [0.15, 0.2) is 66.7 Å². The van der Waals surface area contributed by atoms with E-state index in [0.717, 1.165) is 5.92 Å². The molecule has 0 nitrogen and oxygen atoms in total. The molecule has 1 atom stereocenters. The van der Waals surface area contributed by atoms with Gasteiger partial charge >= 0.3 is 0 Å². The van der Waals surface area contributed by atoms with E-state index in [1.807, 2.05) is 0 Å². The van der Waals surface area contributed by atoms with Crippen molar-refractivity contribution in [1.82, 2.24) is 0 Å². The van der Waals surface area contributed by atoms with Gasteiger partial charge in [0.05, 0.1) is 0 Å². The molecule has 0 heterocycles. The summed E-state index contributed by atoms with van der Waals surface area (Å²) in [4.78, 5) is 0. The zero-order valence-corrected chi connectivity index (χ0v) is 17.1. The zero-order valence-electron chi connectivity index (χ0n) is 17.1. The van der Waals surface area contributed by atoms with E-state index in [4.69, 9.17) is 0 Å². The number of hydrogen-bond donors (Lipinski definition) is 0. The molecule has 27 heavy (non-hydrogen) atoms. The number of rotatable bonds is 10. The molecule has 3 aromatic rings. The summed E-state index contributed by atoms with van der Waals surface area (Å²) in [5.74, 6) is 0.722. The van der Waals surface area contributed by atoms with E-state index in [9.17, 15) is 0 Å². The molecule has 0 fully saturated rings. The Labute approximate surface area is 165 Å². The Morgan fingerprint density at radius 3 is 2.07 bits per heavy atom. The van der Waals surface area contributed by atoms with E-state index in [-0.39, 0.29) is 0 Å². The largest absolute Gasteiger partial charge is 0.0654 e. The molecule has 0 aliphatic rings. The van der Waals surface area contributed by atoms with Gasteiger partial charge in [-0.2, -0.15) is 0 Å². The zero-order chi connectivity index (χ0) is 18.9. The van der Waals surface area contributed by atoms with Gasteiger partial charge in [0, 0.05) is 0 Å². The van der Waals surface area contributed by atoms with Gasteiger partial charge in [0.2, 0.25) is 0 Å². The molecule has 0 spiro atoms. The molecule has 0 heteroatoms. The average molecular weight is 359 g/mol. The molecule has 0 radical (unpaired) electrons. The Balaban J connectivity index is 1.80. The number of fused-ring (bicyclic) bond motifs is 1. The van der Waals surface area contributed by atoms with Crippen LogP contribution in [0.3, 0.4) is 0 Å². The Bertz CT molecular complexity index is 816. The van der Waals surface area contributed by atoms with Crippen LogP contribution in [-0.2, 0) is 0 Å². The summed E-state index contributed by atoms with van der Waals surface area (Å²) in [5.41, 5.74) is 4.14. The Hall–Kier alpha value is -2.08. The highest BCUT2D eigenvalue weighted by atomic mass is 14.2. The van der Waals surface area contributed by atoms with Crippen LogP contribution in [0.2, 0.25) is 0 Å². The average Bonchev–Trinajstić information content (AvgIpc) is 2.73. The summed E-state index contributed by atoms with van der Waals surface area (Å²) in [5, 5.41) is 2.72. The van der Waals surface area contributed by atoms with Crippen molar-refractivity contribution in [3.8, 4) is 11.1 Å². The minimum atomic E-state index is 0.722. The molecule has 3 aromatic carbocycles. The highest BCUT2D eigenvalue weighted by Gasteiger charge is 2.12. The molecular weight excluding hydrogens is 324 g/mol. The molecule has 1 unspecified atom stereocenters. The monoisotopic (exact) mass is 358 g/mol. The van der Waals surface area contributed by atoms with Crippen LogP contribution >= 0.6 is 0 Å². The van der Waals surface area contributed by atoms with Gasteiger partial charge in [-0.1, -0.05) is 113 Å². The smallest absolute Gasteiger partial charge is 0.0162 e. The summed E-state index contributed by atoms with van der Waals surface area (Å²) < 4.78 is 0. The molecule has 0 bridgehead atoms. The maximum atomic E-state index is 2.45. The van der Waals surface area contributed by atoms with Crippen molar-refractivity contribution in [2.45, 2.75) is 71.1 Å². The summed E-state index contributed by atoms with van der Waals surface area (Å²) in [6.45, 7) is 4.60. The predicted molar refractivity (Wildman–Crippen MR) is 120 cm³/mol. The van der Waals surface area contributed by atoms with Gasteiger partial charge in [0.15, 0.2) is 0 Å². The van der Waals surface area contributed by atoms with Gasteiger partial charge in [-0.15, -0.1) is 0 Å². The van der Waals surface area contributed by atoms with Crippen LogP contribution in [0.5, 0.6) is 0 Å². The van der Waals surface area contributed by atoms with E-state index >= 15 is 0 Å². The standard InChI is InChI=1S/C27H34/c1-3-5-7-9-13-22(12-6-4-2)24-16-18-27-21-25(17-19-26(27)20-24)23-14-10-8-11-15-23/h8,10-11,14-22H,3-7,9,12-13H2,1-2H3. The van der Waals surface area contributed by atoms with Crippen molar-refractivity contribution in [2.75, 3.05) is 0 Å². The number of hydrogen-bond acceptors (Lipinski definition) is 0. The lowest BCUT2D eigenvalue weighted by atomic mass is 9.87. The quantitative estimate of drug-likeness (QED) is 0.318. The lowest BCUT2D eigenvalue weighted by Crippen LogP contribution is -2.00. The Morgan fingerprint density at radius 1 is 0.593 bits per heavy atom. The topological polar surface area (TPSA) is 0 Å².